The van der Waals surface area contributed by atoms with Crippen LogP contribution >= 0.6 is 35.6 Å². The summed E-state index contributed by atoms with van der Waals surface area (Å²) in [5.41, 5.74) is 2.42. The molecule has 1 heterocycles. The van der Waals surface area contributed by atoms with Crippen molar-refractivity contribution < 1.29 is 4.79 Å². The van der Waals surface area contributed by atoms with Crippen molar-refractivity contribution in [3.8, 4) is 0 Å². The number of halogens is 2. The molecule has 2 aromatic rings. The van der Waals surface area contributed by atoms with Gasteiger partial charge >= 0.3 is 0 Å². The van der Waals surface area contributed by atoms with Crippen LogP contribution in [0.25, 0.3) is 0 Å². The lowest BCUT2D eigenvalue weighted by atomic mass is 9.85. The molecule has 0 aromatic heterocycles. The SMILES string of the molecule is CN=C(NCC1CC(=O)N(CCc2ccccc2)C1)NCC(C)(C)c1ccc(Cl)cc1.I. The van der Waals surface area contributed by atoms with Gasteiger partial charge in [0.25, 0.3) is 0 Å². The summed E-state index contributed by atoms with van der Waals surface area (Å²) in [6, 6.07) is 18.3. The molecule has 1 saturated heterocycles. The average Bonchev–Trinajstić information content (AvgIpc) is 3.13. The van der Waals surface area contributed by atoms with Crippen LogP contribution in [0.2, 0.25) is 5.02 Å². The van der Waals surface area contributed by atoms with Crippen molar-refractivity contribution in [1.82, 2.24) is 15.5 Å². The average molecular weight is 569 g/mol. The van der Waals surface area contributed by atoms with Gasteiger partial charge in [-0.15, -0.1) is 24.0 Å². The number of guanidine groups is 1. The van der Waals surface area contributed by atoms with E-state index in [4.69, 9.17) is 11.6 Å². The molecule has 0 radical (unpaired) electrons. The number of aliphatic imine (C=N–C) groups is 1. The third kappa shape index (κ3) is 7.66. The Labute approximate surface area is 214 Å². The Morgan fingerprint density at radius 3 is 2.47 bits per heavy atom. The Balaban J connectivity index is 0.00000363. The zero-order valence-electron chi connectivity index (χ0n) is 19.1. The largest absolute Gasteiger partial charge is 0.356 e. The van der Waals surface area contributed by atoms with Gasteiger partial charge in [0.2, 0.25) is 5.91 Å². The van der Waals surface area contributed by atoms with E-state index in [0.29, 0.717) is 12.3 Å². The van der Waals surface area contributed by atoms with Gasteiger partial charge in [-0.05, 0) is 29.7 Å². The van der Waals surface area contributed by atoms with Crippen LogP contribution in [0.1, 0.15) is 31.4 Å². The third-order valence-corrected chi connectivity index (χ3v) is 6.17. The fraction of sp³-hybridized carbons (Fsp3) is 0.440. The second kappa shape index (κ2) is 12.4. The summed E-state index contributed by atoms with van der Waals surface area (Å²) in [7, 11) is 1.77. The molecule has 0 spiro atoms. The molecule has 2 aromatic carbocycles. The van der Waals surface area contributed by atoms with Crippen LogP contribution < -0.4 is 10.6 Å². The Hall–Kier alpha value is -1.80. The predicted molar refractivity (Wildman–Crippen MR) is 144 cm³/mol. The van der Waals surface area contributed by atoms with Crippen molar-refractivity contribution in [1.29, 1.82) is 0 Å². The van der Waals surface area contributed by atoms with E-state index < -0.39 is 0 Å². The quantitative estimate of drug-likeness (QED) is 0.280. The smallest absolute Gasteiger partial charge is 0.223 e. The van der Waals surface area contributed by atoms with Crippen LogP contribution in [0.4, 0.5) is 0 Å². The molecule has 32 heavy (non-hydrogen) atoms. The van der Waals surface area contributed by atoms with Crippen LogP contribution in [-0.2, 0) is 16.6 Å². The van der Waals surface area contributed by atoms with Crippen molar-refractivity contribution in [3.05, 3.63) is 70.7 Å². The Morgan fingerprint density at radius 1 is 1.12 bits per heavy atom. The number of rotatable bonds is 8. The van der Waals surface area contributed by atoms with Crippen molar-refractivity contribution in [2.24, 2.45) is 10.9 Å². The lowest BCUT2D eigenvalue weighted by Crippen LogP contribution is -2.45. The Morgan fingerprint density at radius 2 is 1.81 bits per heavy atom. The van der Waals surface area contributed by atoms with Gasteiger partial charge in [-0.2, -0.15) is 0 Å². The molecule has 1 atom stereocenters. The minimum absolute atomic E-state index is 0. The summed E-state index contributed by atoms with van der Waals surface area (Å²) >= 11 is 6.01. The van der Waals surface area contributed by atoms with E-state index in [2.05, 4.69) is 53.7 Å². The predicted octanol–water partition coefficient (Wildman–Crippen LogP) is 4.49. The van der Waals surface area contributed by atoms with Gasteiger partial charge in [-0.1, -0.05) is 67.9 Å². The van der Waals surface area contributed by atoms with Gasteiger partial charge in [-0.3, -0.25) is 9.79 Å². The topological polar surface area (TPSA) is 56.7 Å². The lowest BCUT2D eigenvalue weighted by Gasteiger charge is -2.27. The maximum absolute atomic E-state index is 12.4. The van der Waals surface area contributed by atoms with Crippen LogP contribution in [0, 0.1) is 5.92 Å². The standard InChI is InChI=1S/C25H33ClN4O.HI/c1-25(2,21-9-11-22(26)12-10-21)18-29-24(27-3)28-16-20-15-23(31)30(17-20)14-13-19-7-5-4-6-8-19;/h4-12,20H,13-18H2,1-3H3,(H2,27,28,29);1H. The normalized spacial score (nSPS) is 16.6. The van der Waals surface area contributed by atoms with E-state index in [9.17, 15) is 4.79 Å². The number of carbonyl (C=O) groups excluding carboxylic acids is 1. The number of amides is 1. The maximum atomic E-state index is 12.4. The van der Waals surface area contributed by atoms with Crippen LogP contribution in [0.3, 0.4) is 0 Å². The van der Waals surface area contributed by atoms with E-state index >= 15 is 0 Å². The summed E-state index contributed by atoms with van der Waals surface area (Å²) in [6.07, 6.45) is 1.49. The van der Waals surface area contributed by atoms with Gasteiger partial charge in [0.1, 0.15) is 0 Å². The zero-order valence-corrected chi connectivity index (χ0v) is 22.2. The van der Waals surface area contributed by atoms with E-state index in [1.165, 1.54) is 11.1 Å². The molecule has 0 bridgehead atoms. The molecule has 1 amide bonds. The van der Waals surface area contributed by atoms with Gasteiger partial charge in [0, 0.05) is 56.0 Å². The second-order valence-corrected chi connectivity index (χ2v) is 9.28. The Bertz CT molecular complexity index is 887. The number of carbonyl (C=O) groups is 1. The maximum Gasteiger partial charge on any atom is 0.223 e. The van der Waals surface area contributed by atoms with E-state index in [1.807, 2.05) is 35.2 Å². The lowest BCUT2D eigenvalue weighted by molar-refractivity contribution is -0.127. The van der Waals surface area contributed by atoms with Crippen molar-refractivity contribution in [2.75, 3.05) is 33.2 Å². The first-order valence-electron chi connectivity index (χ1n) is 10.9. The van der Waals surface area contributed by atoms with Gasteiger partial charge in [-0.25, -0.2) is 0 Å². The first-order valence-corrected chi connectivity index (χ1v) is 11.3. The molecule has 1 aliphatic rings. The van der Waals surface area contributed by atoms with Gasteiger partial charge < -0.3 is 15.5 Å². The molecule has 1 unspecified atom stereocenters. The van der Waals surface area contributed by atoms with E-state index in [0.717, 1.165) is 43.6 Å². The van der Waals surface area contributed by atoms with Crippen molar-refractivity contribution in [3.63, 3.8) is 0 Å². The molecule has 0 saturated carbocycles. The van der Waals surface area contributed by atoms with Crippen molar-refractivity contribution >= 4 is 47.4 Å². The second-order valence-electron chi connectivity index (χ2n) is 8.84. The summed E-state index contributed by atoms with van der Waals surface area (Å²) in [6.45, 7) is 7.43. The summed E-state index contributed by atoms with van der Waals surface area (Å²) in [5, 5.41) is 7.57. The van der Waals surface area contributed by atoms with Crippen LogP contribution in [-0.4, -0.2) is 50.0 Å². The molecule has 3 rings (SSSR count). The molecule has 1 aliphatic heterocycles. The molecule has 2 N–H and O–H groups in total. The van der Waals surface area contributed by atoms with Crippen LogP contribution in [0.5, 0.6) is 0 Å². The molecule has 174 valence electrons. The number of hydrogen-bond acceptors (Lipinski definition) is 2. The summed E-state index contributed by atoms with van der Waals surface area (Å²) in [4.78, 5) is 18.7. The number of likely N-dealkylation sites (tertiary alicyclic amines) is 1. The van der Waals surface area contributed by atoms with E-state index in [-0.39, 0.29) is 35.3 Å². The fourth-order valence-corrected chi connectivity index (χ4v) is 4.01. The molecular weight excluding hydrogens is 535 g/mol. The molecule has 0 aliphatic carbocycles. The minimum Gasteiger partial charge on any atom is -0.356 e. The van der Waals surface area contributed by atoms with Crippen molar-refractivity contribution in [2.45, 2.75) is 32.1 Å². The highest BCUT2D eigenvalue weighted by Crippen LogP contribution is 2.24. The monoisotopic (exact) mass is 568 g/mol. The Kier molecular flexibility index (Phi) is 10.3. The third-order valence-electron chi connectivity index (χ3n) is 5.91. The first kappa shape index (κ1) is 26.5. The molecular formula is C25H34ClIN4O. The van der Waals surface area contributed by atoms with Gasteiger partial charge in [0.05, 0.1) is 0 Å². The number of nitrogens with one attached hydrogen (secondary N) is 2. The molecule has 7 heteroatoms. The number of hydrogen-bond donors (Lipinski definition) is 2. The highest BCUT2D eigenvalue weighted by Gasteiger charge is 2.29. The van der Waals surface area contributed by atoms with E-state index in [1.54, 1.807) is 7.05 Å². The number of benzene rings is 2. The molecule has 5 nitrogen and oxygen atoms in total. The number of nitrogens with zero attached hydrogens (tertiary/aromatic N) is 2. The minimum atomic E-state index is -0.0697. The summed E-state index contributed by atoms with van der Waals surface area (Å²) < 4.78 is 0. The highest BCUT2D eigenvalue weighted by molar-refractivity contribution is 14.0. The fourth-order valence-electron chi connectivity index (χ4n) is 3.88. The summed E-state index contributed by atoms with van der Waals surface area (Å²) in [5.74, 6) is 1.30. The molecule has 1 fully saturated rings. The first-order chi connectivity index (χ1) is 14.9. The van der Waals surface area contributed by atoms with Gasteiger partial charge in [0.15, 0.2) is 5.96 Å². The van der Waals surface area contributed by atoms with Crippen LogP contribution in [0.15, 0.2) is 59.6 Å². The zero-order chi connectivity index (χ0) is 22.3. The highest BCUT2D eigenvalue weighted by atomic mass is 127.